The molecule has 0 unspecified atom stereocenters. The molecule has 0 fully saturated rings. The minimum atomic E-state index is -1.10. The van der Waals surface area contributed by atoms with Gasteiger partial charge in [0, 0.05) is 37.5 Å². The second kappa shape index (κ2) is 10.6. The van der Waals surface area contributed by atoms with Gasteiger partial charge in [0.15, 0.2) is 11.0 Å². The molecule has 0 radical (unpaired) electrons. The number of hydrogen-bond acceptors (Lipinski definition) is 4. The molecule has 1 heterocycles. The molecule has 158 valence electrons. The molecule has 0 saturated carbocycles. The van der Waals surface area contributed by atoms with Gasteiger partial charge in [-0.25, -0.2) is 0 Å². The predicted octanol–water partition coefficient (Wildman–Crippen LogP) is 6.42. The van der Waals surface area contributed by atoms with Gasteiger partial charge in [-0.15, -0.1) is 10.2 Å². The fourth-order valence-electron chi connectivity index (χ4n) is 3.01. The molecular weight excluding hydrogens is 514 g/mol. The first-order chi connectivity index (χ1) is 15.1. The van der Waals surface area contributed by atoms with Gasteiger partial charge in [-0.1, -0.05) is 81.8 Å². The van der Waals surface area contributed by atoms with E-state index in [-0.39, 0.29) is 0 Å². The maximum absolute atomic E-state index is 12.9. The fourth-order valence-corrected chi connectivity index (χ4v) is 5.47. The average Bonchev–Trinajstić information content (AvgIpc) is 3.17. The van der Waals surface area contributed by atoms with Crippen molar-refractivity contribution in [3.63, 3.8) is 0 Å². The van der Waals surface area contributed by atoms with E-state index in [1.807, 2.05) is 83.4 Å². The molecular formula is C23H19BrClN3OS2. The summed E-state index contributed by atoms with van der Waals surface area (Å²) in [5, 5.41) is 10.3. The molecule has 31 heavy (non-hydrogen) atoms. The second-order valence-electron chi connectivity index (χ2n) is 6.84. The maximum atomic E-state index is 12.9. The Morgan fingerprint density at radius 2 is 1.55 bits per heavy atom. The molecule has 0 amide bonds. The summed E-state index contributed by atoms with van der Waals surface area (Å²) in [4.78, 5) is 0. The summed E-state index contributed by atoms with van der Waals surface area (Å²) in [5.74, 6) is 2.24. The molecule has 1 aromatic heterocycles. The van der Waals surface area contributed by atoms with Crippen molar-refractivity contribution < 1.29 is 4.21 Å². The average molecular weight is 533 g/mol. The van der Waals surface area contributed by atoms with Crippen LogP contribution in [0, 0.1) is 0 Å². The lowest BCUT2D eigenvalue weighted by Gasteiger charge is -2.10. The molecule has 4 aromatic rings. The number of para-hydroxylation sites is 1. The molecule has 4 rings (SSSR count). The summed E-state index contributed by atoms with van der Waals surface area (Å²) in [6.45, 7) is 0. The number of thioether (sulfide) groups is 1. The van der Waals surface area contributed by atoms with Crippen molar-refractivity contribution in [3.8, 4) is 5.69 Å². The van der Waals surface area contributed by atoms with Crippen LogP contribution in [0.2, 0.25) is 5.02 Å². The number of benzene rings is 3. The van der Waals surface area contributed by atoms with Gasteiger partial charge in [-0.2, -0.15) is 0 Å². The highest BCUT2D eigenvalue weighted by Crippen LogP contribution is 2.26. The Bertz CT molecular complexity index is 1170. The van der Waals surface area contributed by atoms with E-state index in [9.17, 15) is 4.21 Å². The lowest BCUT2D eigenvalue weighted by Crippen LogP contribution is -2.07. The predicted molar refractivity (Wildman–Crippen MR) is 132 cm³/mol. The summed E-state index contributed by atoms with van der Waals surface area (Å²) in [6, 6.07) is 25.6. The molecule has 4 nitrogen and oxygen atoms in total. The summed E-state index contributed by atoms with van der Waals surface area (Å²) in [6.07, 6.45) is 0. The zero-order valence-electron chi connectivity index (χ0n) is 16.4. The number of nitrogens with zero attached hydrogens (tertiary/aromatic N) is 3. The van der Waals surface area contributed by atoms with Crippen molar-refractivity contribution in [2.75, 3.05) is 0 Å². The first-order valence-corrected chi connectivity index (χ1v) is 13.2. The number of halogens is 2. The number of aromatic nitrogens is 3. The lowest BCUT2D eigenvalue weighted by molar-refractivity contribution is 0.680. The van der Waals surface area contributed by atoms with Crippen LogP contribution in [0.5, 0.6) is 0 Å². The molecule has 0 N–H and O–H groups in total. The highest BCUT2D eigenvalue weighted by molar-refractivity contribution is 9.10. The van der Waals surface area contributed by atoms with Crippen molar-refractivity contribution in [2.45, 2.75) is 22.4 Å². The molecule has 0 aliphatic rings. The van der Waals surface area contributed by atoms with Gasteiger partial charge in [0.25, 0.3) is 0 Å². The monoisotopic (exact) mass is 531 g/mol. The Morgan fingerprint density at radius 3 is 2.26 bits per heavy atom. The van der Waals surface area contributed by atoms with E-state index in [2.05, 4.69) is 26.1 Å². The van der Waals surface area contributed by atoms with Gasteiger partial charge in [-0.05, 0) is 47.5 Å². The van der Waals surface area contributed by atoms with Crippen LogP contribution in [0.25, 0.3) is 5.69 Å². The normalized spacial score (nSPS) is 12.1. The Kier molecular flexibility index (Phi) is 7.61. The van der Waals surface area contributed by atoms with Crippen molar-refractivity contribution in [1.29, 1.82) is 0 Å². The van der Waals surface area contributed by atoms with Crippen molar-refractivity contribution in [2.24, 2.45) is 0 Å². The van der Waals surface area contributed by atoms with E-state index in [0.29, 0.717) is 17.3 Å². The van der Waals surface area contributed by atoms with Crippen molar-refractivity contribution in [3.05, 3.63) is 105 Å². The summed E-state index contributed by atoms with van der Waals surface area (Å²) < 4.78 is 15.9. The van der Waals surface area contributed by atoms with Crippen molar-refractivity contribution >= 4 is 50.1 Å². The first-order valence-electron chi connectivity index (χ1n) is 9.55. The van der Waals surface area contributed by atoms with Crippen LogP contribution in [0.3, 0.4) is 0 Å². The van der Waals surface area contributed by atoms with Gasteiger partial charge in [0.05, 0.1) is 5.75 Å². The summed E-state index contributed by atoms with van der Waals surface area (Å²) in [5.41, 5.74) is 3.14. The zero-order valence-corrected chi connectivity index (χ0v) is 20.4. The van der Waals surface area contributed by atoms with E-state index in [0.717, 1.165) is 37.2 Å². The molecule has 1 atom stereocenters. The number of rotatable bonds is 8. The van der Waals surface area contributed by atoms with E-state index in [4.69, 9.17) is 11.6 Å². The van der Waals surface area contributed by atoms with Crippen molar-refractivity contribution in [1.82, 2.24) is 14.8 Å². The second-order valence-corrected chi connectivity index (χ2v) is 10.6. The van der Waals surface area contributed by atoms with Crippen LogP contribution >= 0.6 is 39.3 Å². The smallest absolute Gasteiger partial charge is 0.196 e. The van der Waals surface area contributed by atoms with Gasteiger partial charge in [0.2, 0.25) is 0 Å². The SMILES string of the molecule is O=[S@](Cc1ccc(Br)cc1)Cc1nnc(SCc2ccc(Cl)cc2)n1-c1ccccc1. The minimum absolute atomic E-state index is 0.333. The molecule has 0 aliphatic heterocycles. The third kappa shape index (κ3) is 6.07. The van der Waals surface area contributed by atoms with Crippen LogP contribution in [-0.4, -0.2) is 19.0 Å². The standard InChI is InChI=1S/C23H19BrClN3OS2/c24-19-10-6-18(7-11-19)15-31(29)16-22-26-27-23(28(22)21-4-2-1-3-5-21)30-14-17-8-12-20(25)13-9-17/h1-13H,14-16H2/t31-/m1/s1. The fraction of sp³-hybridized carbons (Fsp3) is 0.130. The molecule has 8 heteroatoms. The minimum Gasteiger partial charge on any atom is -0.273 e. The zero-order chi connectivity index (χ0) is 21.6. The van der Waals surface area contributed by atoms with Crippen LogP contribution in [0.4, 0.5) is 0 Å². The van der Waals surface area contributed by atoms with Gasteiger partial charge in [0.1, 0.15) is 0 Å². The number of hydrogen-bond donors (Lipinski definition) is 0. The lowest BCUT2D eigenvalue weighted by atomic mass is 10.2. The Balaban J connectivity index is 1.54. The summed E-state index contributed by atoms with van der Waals surface area (Å²) >= 11 is 11.0. The van der Waals surface area contributed by atoms with Crippen LogP contribution < -0.4 is 0 Å². The van der Waals surface area contributed by atoms with E-state index >= 15 is 0 Å². The topological polar surface area (TPSA) is 47.8 Å². The van der Waals surface area contributed by atoms with Gasteiger partial charge < -0.3 is 0 Å². The van der Waals surface area contributed by atoms with Crippen LogP contribution in [0.1, 0.15) is 17.0 Å². The molecule has 0 aliphatic carbocycles. The Hall–Kier alpha value is -1.93. The Labute approximate surface area is 201 Å². The first kappa shape index (κ1) is 22.3. The van der Waals surface area contributed by atoms with Gasteiger partial charge >= 0.3 is 0 Å². The third-order valence-electron chi connectivity index (χ3n) is 4.53. The molecule has 0 saturated heterocycles. The molecule has 3 aromatic carbocycles. The van der Waals surface area contributed by atoms with Gasteiger partial charge in [-0.3, -0.25) is 8.78 Å². The Morgan fingerprint density at radius 1 is 0.871 bits per heavy atom. The largest absolute Gasteiger partial charge is 0.273 e. The van der Waals surface area contributed by atoms with E-state index in [1.54, 1.807) is 11.8 Å². The molecule has 0 bridgehead atoms. The highest BCUT2D eigenvalue weighted by Gasteiger charge is 2.17. The third-order valence-corrected chi connectivity index (χ3v) is 7.54. The van der Waals surface area contributed by atoms with E-state index in [1.165, 1.54) is 0 Å². The van der Waals surface area contributed by atoms with Crippen LogP contribution in [-0.2, 0) is 28.1 Å². The summed E-state index contributed by atoms with van der Waals surface area (Å²) in [7, 11) is -1.10. The van der Waals surface area contributed by atoms with Crippen LogP contribution in [0.15, 0.2) is 88.5 Å². The quantitative estimate of drug-likeness (QED) is 0.246. The van der Waals surface area contributed by atoms with E-state index < -0.39 is 10.8 Å². The maximum Gasteiger partial charge on any atom is 0.196 e. The molecule has 0 spiro atoms. The highest BCUT2D eigenvalue weighted by atomic mass is 79.9.